The van der Waals surface area contributed by atoms with Gasteiger partial charge in [-0.1, -0.05) is 0 Å². The number of hydrogen-bond donors (Lipinski definition) is 2. The van der Waals surface area contributed by atoms with Gasteiger partial charge >= 0.3 is 0 Å². The molecule has 19 heavy (non-hydrogen) atoms. The van der Waals surface area contributed by atoms with E-state index in [4.69, 9.17) is 20.3 Å². The predicted octanol–water partition coefficient (Wildman–Crippen LogP) is 0.729. The number of aliphatic hydroxyl groups is 1. The van der Waals surface area contributed by atoms with E-state index in [1.165, 1.54) is 0 Å². The molecule has 2 rings (SSSR count). The first-order valence-electron chi connectivity index (χ1n) is 6.64. The summed E-state index contributed by atoms with van der Waals surface area (Å²) in [4.78, 5) is 2.26. The van der Waals surface area contributed by atoms with Crippen LogP contribution in [0.4, 0.5) is 5.69 Å². The fourth-order valence-corrected chi connectivity index (χ4v) is 2.28. The Labute approximate surface area is 113 Å². The summed E-state index contributed by atoms with van der Waals surface area (Å²) in [5.41, 5.74) is 6.35. The summed E-state index contributed by atoms with van der Waals surface area (Å²) in [5, 5.41) is 9.16. The third-order valence-electron chi connectivity index (χ3n) is 3.16. The van der Waals surface area contributed by atoms with E-state index in [-0.39, 0.29) is 18.8 Å². The Kier molecular flexibility index (Phi) is 5.01. The van der Waals surface area contributed by atoms with Crippen molar-refractivity contribution in [3.05, 3.63) is 24.3 Å². The number of nitrogens with zero attached hydrogens (tertiary/aromatic N) is 1. The van der Waals surface area contributed by atoms with Crippen LogP contribution in [-0.4, -0.2) is 55.1 Å². The second-order valence-electron chi connectivity index (χ2n) is 4.93. The van der Waals surface area contributed by atoms with Crippen LogP contribution in [0.2, 0.25) is 0 Å². The van der Waals surface area contributed by atoms with E-state index in [0.717, 1.165) is 31.1 Å². The Morgan fingerprint density at radius 2 is 2.11 bits per heavy atom. The molecule has 106 valence electrons. The van der Waals surface area contributed by atoms with Crippen LogP contribution < -0.4 is 10.5 Å². The second-order valence-corrected chi connectivity index (χ2v) is 4.93. The van der Waals surface area contributed by atoms with Gasteiger partial charge in [0.1, 0.15) is 12.4 Å². The van der Waals surface area contributed by atoms with Crippen molar-refractivity contribution in [3.8, 4) is 5.75 Å². The number of aliphatic hydroxyl groups excluding tert-OH is 1. The minimum atomic E-state index is -0.0831. The lowest BCUT2D eigenvalue weighted by Gasteiger charge is -2.35. The first kappa shape index (κ1) is 14.1. The Morgan fingerprint density at radius 1 is 1.37 bits per heavy atom. The molecular weight excluding hydrogens is 244 g/mol. The summed E-state index contributed by atoms with van der Waals surface area (Å²) in [6, 6.07) is 7.39. The van der Waals surface area contributed by atoms with E-state index in [0.29, 0.717) is 6.61 Å². The Bertz CT molecular complexity index is 383. The lowest BCUT2D eigenvalue weighted by molar-refractivity contribution is -0.0965. The smallest absolute Gasteiger partial charge is 0.119 e. The highest BCUT2D eigenvalue weighted by Gasteiger charge is 2.24. The first-order valence-corrected chi connectivity index (χ1v) is 6.64. The van der Waals surface area contributed by atoms with Crippen molar-refractivity contribution in [2.24, 2.45) is 0 Å². The van der Waals surface area contributed by atoms with Gasteiger partial charge in [0.15, 0.2) is 0 Å². The zero-order valence-corrected chi connectivity index (χ0v) is 11.3. The number of morpholine rings is 1. The number of nitrogen functional groups attached to an aromatic ring is 1. The molecule has 1 heterocycles. The van der Waals surface area contributed by atoms with Gasteiger partial charge in [0.25, 0.3) is 0 Å². The number of rotatable bonds is 5. The highest BCUT2D eigenvalue weighted by Crippen LogP contribution is 2.14. The molecular formula is C14H22N2O3. The van der Waals surface area contributed by atoms with Gasteiger partial charge in [-0.05, 0) is 31.2 Å². The van der Waals surface area contributed by atoms with E-state index in [9.17, 15) is 0 Å². The molecule has 0 bridgehead atoms. The molecule has 1 fully saturated rings. The quantitative estimate of drug-likeness (QED) is 0.769. The Balaban J connectivity index is 1.74. The predicted molar refractivity (Wildman–Crippen MR) is 74.2 cm³/mol. The maximum atomic E-state index is 9.16. The molecule has 0 aliphatic carbocycles. The largest absolute Gasteiger partial charge is 0.492 e. The fourth-order valence-electron chi connectivity index (χ4n) is 2.28. The molecule has 5 heteroatoms. The number of hydrogen-bond acceptors (Lipinski definition) is 5. The summed E-state index contributed by atoms with van der Waals surface area (Å²) in [6.07, 6.45) is 0.0719. The van der Waals surface area contributed by atoms with Gasteiger partial charge in [0.2, 0.25) is 0 Å². The summed E-state index contributed by atoms with van der Waals surface area (Å²) >= 11 is 0. The zero-order valence-electron chi connectivity index (χ0n) is 11.3. The number of nitrogens with two attached hydrogens (primary N) is 1. The summed E-state index contributed by atoms with van der Waals surface area (Å²) in [5.74, 6) is 0.828. The van der Waals surface area contributed by atoms with Crippen molar-refractivity contribution in [3.63, 3.8) is 0 Å². The molecule has 0 amide bonds. The molecule has 1 aromatic rings. The standard InChI is InChI=1S/C14H22N2O3/c1-11-8-16(9-14(10-17)19-11)6-7-18-13-4-2-12(15)3-5-13/h2-5,11,14,17H,6-10,15H2,1H3. The third-order valence-corrected chi connectivity index (χ3v) is 3.16. The molecule has 2 unspecified atom stereocenters. The molecule has 0 spiro atoms. The van der Waals surface area contributed by atoms with Gasteiger partial charge in [-0.25, -0.2) is 0 Å². The van der Waals surface area contributed by atoms with Gasteiger partial charge in [-0.15, -0.1) is 0 Å². The number of anilines is 1. The van der Waals surface area contributed by atoms with E-state index in [1.807, 2.05) is 31.2 Å². The number of ether oxygens (including phenoxy) is 2. The summed E-state index contributed by atoms with van der Waals surface area (Å²) < 4.78 is 11.3. The average Bonchev–Trinajstić information content (AvgIpc) is 2.40. The second kappa shape index (κ2) is 6.75. The Morgan fingerprint density at radius 3 is 2.79 bits per heavy atom. The van der Waals surface area contributed by atoms with Gasteiger partial charge in [0.05, 0.1) is 18.8 Å². The SMILES string of the molecule is CC1CN(CCOc2ccc(N)cc2)CC(CO)O1. The van der Waals surface area contributed by atoms with Crippen LogP contribution in [0.5, 0.6) is 5.75 Å². The first-order chi connectivity index (χ1) is 9.17. The van der Waals surface area contributed by atoms with E-state index >= 15 is 0 Å². The van der Waals surface area contributed by atoms with Crippen LogP contribution in [0, 0.1) is 0 Å². The van der Waals surface area contributed by atoms with Crippen LogP contribution in [0.15, 0.2) is 24.3 Å². The monoisotopic (exact) mass is 266 g/mol. The van der Waals surface area contributed by atoms with Crippen molar-refractivity contribution < 1.29 is 14.6 Å². The van der Waals surface area contributed by atoms with Gasteiger partial charge in [-0.3, -0.25) is 4.90 Å². The maximum Gasteiger partial charge on any atom is 0.119 e. The molecule has 3 N–H and O–H groups in total. The van der Waals surface area contributed by atoms with Crippen LogP contribution in [0.1, 0.15) is 6.92 Å². The Hall–Kier alpha value is -1.30. The van der Waals surface area contributed by atoms with Crippen molar-refractivity contribution in [1.29, 1.82) is 0 Å². The molecule has 5 nitrogen and oxygen atoms in total. The minimum absolute atomic E-state index is 0.0691. The molecule has 2 atom stereocenters. The lowest BCUT2D eigenvalue weighted by Crippen LogP contribution is -2.49. The summed E-state index contributed by atoms with van der Waals surface area (Å²) in [6.45, 7) is 5.17. The van der Waals surface area contributed by atoms with Crippen molar-refractivity contribution in [2.45, 2.75) is 19.1 Å². The number of benzene rings is 1. The third kappa shape index (κ3) is 4.38. The van der Waals surface area contributed by atoms with Crippen LogP contribution in [0.3, 0.4) is 0 Å². The summed E-state index contributed by atoms with van der Waals surface area (Å²) in [7, 11) is 0. The highest BCUT2D eigenvalue weighted by atomic mass is 16.5. The van der Waals surface area contributed by atoms with Gasteiger partial charge < -0.3 is 20.3 Å². The van der Waals surface area contributed by atoms with Crippen molar-refractivity contribution >= 4 is 5.69 Å². The topological polar surface area (TPSA) is 68.0 Å². The normalized spacial score (nSPS) is 24.3. The molecule has 0 saturated carbocycles. The molecule has 1 aromatic carbocycles. The van der Waals surface area contributed by atoms with Crippen LogP contribution >= 0.6 is 0 Å². The van der Waals surface area contributed by atoms with Crippen LogP contribution in [0.25, 0.3) is 0 Å². The van der Waals surface area contributed by atoms with Gasteiger partial charge in [-0.2, -0.15) is 0 Å². The van der Waals surface area contributed by atoms with Crippen molar-refractivity contribution in [2.75, 3.05) is 38.6 Å². The molecule has 0 aromatic heterocycles. The van der Waals surface area contributed by atoms with E-state index in [2.05, 4.69) is 4.90 Å². The molecule has 1 aliphatic rings. The van der Waals surface area contributed by atoms with E-state index in [1.54, 1.807) is 0 Å². The van der Waals surface area contributed by atoms with Crippen LogP contribution in [-0.2, 0) is 4.74 Å². The molecule has 1 aliphatic heterocycles. The van der Waals surface area contributed by atoms with Crippen molar-refractivity contribution in [1.82, 2.24) is 4.90 Å². The minimum Gasteiger partial charge on any atom is -0.492 e. The molecule has 1 saturated heterocycles. The average molecular weight is 266 g/mol. The lowest BCUT2D eigenvalue weighted by atomic mass is 10.2. The fraction of sp³-hybridized carbons (Fsp3) is 0.571. The molecule has 0 radical (unpaired) electrons. The van der Waals surface area contributed by atoms with Gasteiger partial charge in [0, 0.05) is 25.3 Å². The zero-order chi connectivity index (χ0) is 13.7. The van der Waals surface area contributed by atoms with E-state index < -0.39 is 0 Å². The highest BCUT2D eigenvalue weighted by molar-refractivity contribution is 5.41. The maximum absolute atomic E-state index is 9.16.